The Morgan fingerprint density at radius 1 is 0.589 bits per heavy atom. The van der Waals surface area contributed by atoms with Gasteiger partial charge in [0.2, 0.25) is 0 Å². The highest BCUT2D eigenvalue weighted by Crippen LogP contribution is 2.39. The summed E-state index contributed by atoms with van der Waals surface area (Å²) in [6.45, 7) is 33.5. The number of carboxylic acid groups (broad SMARTS) is 1. The van der Waals surface area contributed by atoms with E-state index in [0.717, 1.165) is 93.6 Å². The maximum atomic E-state index is 13.2. The predicted octanol–water partition coefficient (Wildman–Crippen LogP) is 9.82. The molecule has 26 nitrogen and oxygen atoms in total. The molecule has 0 bridgehead atoms. The first-order chi connectivity index (χ1) is 49.8. The van der Waals surface area contributed by atoms with E-state index in [9.17, 15) is 68.1 Å². The summed E-state index contributed by atoms with van der Waals surface area (Å²) in [5.74, 6) is -1.19. The van der Waals surface area contributed by atoms with Crippen LogP contribution in [0.2, 0.25) is 0 Å². The van der Waals surface area contributed by atoms with Gasteiger partial charge in [-0.25, -0.2) is 39.6 Å². The normalized spacial score (nSPS) is 22.6. The second kappa shape index (κ2) is 40.2. The summed E-state index contributed by atoms with van der Waals surface area (Å²) in [7, 11) is -5.31. The van der Waals surface area contributed by atoms with Gasteiger partial charge in [-0.05, 0) is 153 Å². The number of morpholine rings is 3. The third-order valence-electron chi connectivity index (χ3n) is 17.4. The van der Waals surface area contributed by atoms with Crippen molar-refractivity contribution >= 4 is 114 Å². The molecule has 6 fully saturated rings. The Hall–Kier alpha value is -4.68. The van der Waals surface area contributed by atoms with Crippen molar-refractivity contribution in [3.8, 4) is 0 Å². The van der Waals surface area contributed by atoms with E-state index < -0.39 is 81.9 Å². The number of aliphatic carboxylic acids is 1. The van der Waals surface area contributed by atoms with Crippen LogP contribution < -0.4 is 15.5 Å². The molecule has 3 aromatic heterocycles. The number of rotatable bonds is 13. The molecule has 2 amide bonds. The number of carbonyl (C=O) groups excluding carboxylic acids is 2. The lowest BCUT2D eigenvalue weighted by Crippen LogP contribution is -2.60. The monoisotopic (exact) mass is 1710 g/mol. The van der Waals surface area contributed by atoms with Crippen molar-refractivity contribution < 1.29 is 91.8 Å². The van der Waals surface area contributed by atoms with Crippen LogP contribution in [0.4, 0.5) is 28.4 Å². The van der Waals surface area contributed by atoms with Crippen molar-refractivity contribution in [3.05, 3.63) is 117 Å². The van der Waals surface area contributed by atoms with Crippen molar-refractivity contribution in [1.29, 1.82) is 0 Å². The summed E-state index contributed by atoms with van der Waals surface area (Å²) < 4.78 is 141. The average Bonchev–Trinajstić information content (AvgIpc) is 1.68. The molecular formula is C70H104BrClF3N9O17S6. The maximum Gasteiger partial charge on any atom is 0.421 e. The summed E-state index contributed by atoms with van der Waals surface area (Å²) >= 11 is 6.76. The zero-order valence-electron chi connectivity index (χ0n) is 62.4. The van der Waals surface area contributed by atoms with Crippen LogP contribution in [0, 0.1) is 0 Å². The van der Waals surface area contributed by atoms with Gasteiger partial charge in [0.1, 0.15) is 23.8 Å². The van der Waals surface area contributed by atoms with Crippen molar-refractivity contribution in [1.82, 2.24) is 38.8 Å². The molecule has 37 heteroatoms. The number of amides is 2. The fraction of sp³-hybridized carbons (Fsp3) is 0.614. The molecule has 107 heavy (non-hydrogen) atoms. The van der Waals surface area contributed by atoms with Crippen LogP contribution in [-0.4, -0.2) is 272 Å². The quantitative estimate of drug-likeness (QED) is 0.0685. The Bertz CT molecular complexity index is 3890. The number of aliphatic hydroxyl groups is 2. The lowest BCUT2D eigenvalue weighted by molar-refractivity contribution is -0.258. The first kappa shape index (κ1) is 91.2. The van der Waals surface area contributed by atoms with Gasteiger partial charge in [-0.15, -0.1) is 34.0 Å². The molecule has 2 aromatic carbocycles. The molecule has 6 aliphatic heterocycles. The Labute approximate surface area is 653 Å². The van der Waals surface area contributed by atoms with Gasteiger partial charge >= 0.3 is 24.3 Å². The number of nitrogens with zero attached hydrogens (tertiary/aromatic N) is 7. The van der Waals surface area contributed by atoms with Gasteiger partial charge in [-0.1, -0.05) is 58.4 Å². The molecule has 6 saturated heterocycles. The molecular weight excluding hydrogens is 1600 g/mol. The van der Waals surface area contributed by atoms with Crippen LogP contribution in [-0.2, 0) is 68.8 Å². The van der Waals surface area contributed by atoms with Crippen LogP contribution in [0.3, 0.4) is 0 Å². The second-order valence-electron chi connectivity index (χ2n) is 28.9. The number of carbonyl (C=O) groups is 3. The molecule has 0 aliphatic carbocycles. The Morgan fingerprint density at radius 2 is 1.08 bits per heavy atom. The van der Waals surface area contributed by atoms with Crippen LogP contribution in [0.15, 0.2) is 118 Å². The molecule has 0 radical (unpaired) electrons. The number of hydrogen-bond acceptors (Lipinski definition) is 24. The highest BCUT2D eigenvalue weighted by atomic mass is 79.9. The van der Waals surface area contributed by atoms with Gasteiger partial charge in [-0.3, -0.25) is 14.7 Å². The number of thiophene rings is 3. The Balaban J connectivity index is 0.000000214. The number of nitrogens with one attached hydrogen (secondary N) is 2. The summed E-state index contributed by atoms with van der Waals surface area (Å²) in [6.07, 6.45) is -5.96. The molecule has 5 aromatic rings. The van der Waals surface area contributed by atoms with E-state index in [4.69, 9.17) is 34.4 Å². The number of halogens is 5. The topological polar surface area (TPSA) is 307 Å². The maximum absolute atomic E-state index is 13.2. The van der Waals surface area contributed by atoms with E-state index in [1.165, 1.54) is 57.9 Å². The Morgan fingerprint density at radius 3 is 1.51 bits per heavy atom. The number of ether oxygens (including phenoxy) is 5. The average molecular weight is 1710 g/mol. The van der Waals surface area contributed by atoms with Crippen LogP contribution in [0.25, 0.3) is 0 Å². The van der Waals surface area contributed by atoms with Crippen molar-refractivity contribution in [2.75, 3.05) is 136 Å². The van der Waals surface area contributed by atoms with Gasteiger partial charge in [0.05, 0.1) is 57.8 Å². The zero-order chi connectivity index (χ0) is 79.5. The molecule has 11 rings (SSSR count). The minimum Gasteiger partial charge on any atom is -0.480 e. The van der Waals surface area contributed by atoms with Gasteiger partial charge in [0.25, 0.3) is 29.1 Å². The standard InChI is InChI=1S/C23H33N3O4S2.C15H26N2O6.C14H23N3O3S2.C9H8BrF3O.C5H11NO.C4H3ClO2S2/c1-18-17-30-13-12-24(18)15-21-16-25(32(28,29)22-5-4-14-31-22)10-11-26(21)20-8-6-19(7-9-20)23(2,3)27;1-14(2,3)22-12(20)16-7-8-17(10(9-16)11(18)19)13(21)23-15(4,5)6;1-12-11-20-7-6-16(12)9-13-10-17(5-4-15-13)22(18,19)14-3-2-8-21-14;1-8(14,9(11,12)13)6-2-4-7(10)5-3-6;1-5-4-7-3-2-6-5;5-9(6,7)4-2-1-3-8-4/h4-9,14,18,21,27H,10-13,15-17H2,1-3H3;10H,7-9H2,1-6H3,(H,18,19);2-3,8,12-13,15H,4-7,9-11H2,1H3;2-5,14H,1H3;5-6H,2-4H2,1H3;1-3H/t18-,21-;10-;12-,13-;;5-;/m010.0./s1. The van der Waals surface area contributed by atoms with Gasteiger partial charge in [0, 0.05) is 130 Å². The molecule has 7 atom stereocenters. The third kappa shape index (κ3) is 28.5. The molecule has 0 spiro atoms. The number of anilines is 1. The number of benzene rings is 2. The van der Waals surface area contributed by atoms with Crippen LogP contribution in [0.5, 0.6) is 0 Å². The highest BCUT2D eigenvalue weighted by molar-refractivity contribution is 9.10. The van der Waals surface area contributed by atoms with E-state index >= 15 is 0 Å². The summed E-state index contributed by atoms with van der Waals surface area (Å²) in [5.41, 5.74) is -3.34. The first-order valence-electron chi connectivity index (χ1n) is 34.9. The largest absolute Gasteiger partial charge is 0.480 e. The number of hydrogen-bond donors (Lipinski definition) is 5. The van der Waals surface area contributed by atoms with E-state index in [2.05, 4.69) is 62.0 Å². The second-order valence-corrected chi connectivity index (χ2v) is 39.7. The third-order valence-corrected chi connectivity index (χ3v) is 27.4. The fourth-order valence-electron chi connectivity index (χ4n) is 11.5. The number of piperazine rings is 3. The van der Waals surface area contributed by atoms with E-state index in [0.29, 0.717) is 83.5 Å². The van der Waals surface area contributed by atoms with Crippen molar-refractivity contribution in [2.45, 2.75) is 161 Å². The summed E-state index contributed by atoms with van der Waals surface area (Å²) in [5, 5.41) is 40.9. The molecule has 0 saturated carbocycles. The lowest BCUT2D eigenvalue weighted by Gasteiger charge is -2.45. The van der Waals surface area contributed by atoms with E-state index in [-0.39, 0.29) is 41.5 Å². The van der Waals surface area contributed by atoms with Crippen LogP contribution >= 0.6 is 60.6 Å². The van der Waals surface area contributed by atoms with E-state index in [1.54, 1.807) is 105 Å². The van der Waals surface area contributed by atoms with E-state index in [1.807, 2.05) is 29.6 Å². The molecule has 5 N–H and O–H groups in total. The lowest BCUT2D eigenvalue weighted by atomic mass is 9.96. The number of alkyl halides is 3. The predicted molar refractivity (Wildman–Crippen MR) is 412 cm³/mol. The van der Waals surface area contributed by atoms with Crippen molar-refractivity contribution in [2.24, 2.45) is 0 Å². The number of sulfonamides is 2. The van der Waals surface area contributed by atoms with Crippen molar-refractivity contribution in [3.63, 3.8) is 0 Å². The highest BCUT2D eigenvalue weighted by Gasteiger charge is 2.51. The minimum atomic E-state index is -4.67. The minimum absolute atomic E-state index is 0.0204. The Kier molecular flexibility index (Phi) is 34.2. The molecule has 6 aliphatic rings. The molecule has 602 valence electrons. The fourth-order valence-corrected chi connectivity index (χ4v) is 18.8. The SMILES string of the molecule is CC(C)(C)OC(=O)N1CCN(C(=O)OC(C)(C)C)[C@@H](C(=O)O)C1.CC(O)(c1ccc(Br)cc1)C(F)(F)F.C[C@H]1COCCN1.C[C@H]1COCCN1C[C@H]1CN(S(=O)(=O)c2cccs2)CCN1.C[C@H]1COCCN1C[C@H]1CN(S(=O)(=O)c2cccs2)CCN1c1ccc(C(C)(C)O)cc1.O=S(=O)(Cl)c1cccs1. The van der Waals surface area contributed by atoms with Gasteiger partial charge < -0.3 is 59.4 Å². The molecule has 9 heterocycles. The first-order valence-corrected chi connectivity index (χ1v) is 43.5. The smallest absolute Gasteiger partial charge is 0.421 e. The van der Waals surface area contributed by atoms with Crippen LogP contribution in [0.1, 0.15) is 94.2 Å². The summed E-state index contributed by atoms with van der Waals surface area (Å²) in [6, 6.07) is 23.7. The van der Waals surface area contributed by atoms with Gasteiger partial charge in [-0.2, -0.15) is 21.8 Å². The summed E-state index contributed by atoms with van der Waals surface area (Å²) in [4.78, 5) is 45.2. The molecule has 1 unspecified atom stereocenters. The van der Waals surface area contributed by atoms with Gasteiger partial charge in [0.15, 0.2) is 11.6 Å². The zero-order valence-corrected chi connectivity index (χ0v) is 69.7. The number of carboxylic acids is 1.